The number of aromatic nitrogens is 2. The molecule has 0 saturated heterocycles. The van der Waals surface area contributed by atoms with Gasteiger partial charge in [0.2, 0.25) is 0 Å². The van der Waals surface area contributed by atoms with Crippen LogP contribution in [0, 0.1) is 0 Å². The molecule has 1 aliphatic heterocycles. The molecule has 0 atom stereocenters. The summed E-state index contributed by atoms with van der Waals surface area (Å²) in [4.78, 5) is 28.1. The van der Waals surface area contributed by atoms with Gasteiger partial charge in [0, 0.05) is 14.1 Å². The topological polar surface area (TPSA) is 93.7 Å². The lowest BCUT2D eigenvalue weighted by Gasteiger charge is -2.19. The predicted molar refractivity (Wildman–Crippen MR) is 94.1 cm³/mol. The molecular formula is C14H16N4O4S2. The lowest BCUT2D eigenvalue weighted by Crippen LogP contribution is -2.39. The zero-order valence-corrected chi connectivity index (χ0v) is 15.0. The Morgan fingerprint density at radius 3 is 2.33 bits per heavy atom. The van der Waals surface area contributed by atoms with Gasteiger partial charge in [0.25, 0.3) is 10.0 Å². The monoisotopic (exact) mass is 368 g/mol. The molecule has 1 aromatic carbocycles. The second-order valence-electron chi connectivity index (χ2n) is 5.32. The Hall–Kier alpha value is -2.07. The highest BCUT2D eigenvalue weighted by Crippen LogP contribution is 2.24. The van der Waals surface area contributed by atoms with Gasteiger partial charge in [-0.15, -0.1) is 0 Å². The molecule has 2 heterocycles. The minimum Gasteiger partial charge on any atom is -0.305 e. The second-order valence-corrected chi connectivity index (χ2v) is 7.96. The molecular weight excluding hydrogens is 352 g/mol. The van der Waals surface area contributed by atoms with Crippen molar-refractivity contribution in [2.24, 2.45) is 19.1 Å². The molecule has 0 N–H and O–H groups in total. The predicted octanol–water partition coefficient (Wildman–Crippen LogP) is -0.0395. The summed E-state index contributed by atoms with van der Waals surface area (Å²) in [6, 6.07) is 4.40. The third kappa shape index (κ3) is 2.37. The zero-order valence-electron chi connectivity index (χ0n) is 13.4. The van der Waals surface area contributed by atoms with Gasteiger partial charge >= 0.3 is 11.1 Å². The number of rotatable bonds is 2. The lowest BCUT2D eigenvalue weighted by molar-refractivity contribution is 0.540. The molecule has 0 aliphatic carbocycles. The maximum absolute atomic E-state index is 12.9. The van der Waals surface area contributed by atoms with E-state index in [-0.39, 0.29) is 4.90 Å². The van der Waals surface area contributed by atoms with E-state index in [4.69, 9.17) is 0 Å². The van der Waals surface area contributed by atoms with Gasteiger partial charge in [-0.3, -0.25) is 14.6 Å². The largest absolute Gasteiger partial charge is 0.316 e. The summed E-state index contributed by atoms with van der Waals surface area (Å²) in [5.74, 6) is 0. The normalized spacial score (nSPS) is 15.1. The van der Waals surface area contributed by atoms with Crippen molar-refractivity contribution < 1.29 is 8.42 Å². The third-order valence-corrected chi connectivity index (χ3v) is 6.61. The molecule has 0 spiro atoms. The van der Waals surface area contributed by atoms with Gasteiger partial charge in [-0.05, 0) is 24.5 Å². The second kappa shape index (κ2) is 5.78. The number of hydrogen-bond acceptors (Lipinski definition) is 6. The third-order valence-electron chi connectivity index (χ3n) is 4.00. The van der Waals surface area contributed by atoms with Crippen molar-refractivity contribution in [3.05, 3.63) is 38.9 Å². The van der Waals surface area contributed by atoms with Crippen LogP contribution in [0.2, 0.25) is 0 Å². The number of benzene rings is 1. The number of hydrogen-bond donors (Lipinski definition) is 0. The van der Waals surface area contributed by atoms with Gasteiger partial charge in [0.05, 0.1) is 29.0 Å². The average Bonchev–Trinajstić information content (AvgIpc) is 3.07. The van der Waals surface area contributed by atoms with E-state index in [1.54, 1.807) is 6.26 Å². The smallest absolute Gasteiger partial charge is 0.305 e. The minimum atomic E-state index is -3.77. The summed E-state index contributed by atoms with van der Waals surface area (Å²) < 4.78 is 29.4. The SMILES string of the molecule is CSC1=NCCN1S(=O)(=O)c1ccc2c(c1)n(C)c(=O)c(=O)n2C. The van der Waals surface area contributed by atoms with Crippen molar-refractivity contribution in [3.63, 3.8) is 0 Å². The van der Waals surface area contributed by atoms with Crippen molar-refractivity contribution in [3.8, 4) is 0 Å². The first-order valence-electron chi connectivity index (χ1n) is 7.10. The highest BCUT2D eigenvalue weighted by atomic mass is 32.2. The number of thioether (sulfide) groups is 1. The Morgan fingerprint density at radius 2 is 1.71 bits per heavy atom. The van der Waals surface area contributed by atoms with Crippen LogP contribution < -0.4 is 11.1 Å². The summed E-state index contributed by atoms with van der Waals surface area (Å²) in [7, 11) is -0.828. The van der Waals surface area contributed by atoms with E-state index >= 15 is 0 Å². The van der Waals surface area contributed by atoms with E-state index in [9.17, 15) is 18.0 Å². The van der Waals surface area contributed by atoms with E-state index in [1.807, 2.05) is 0 Å². The quantitative estimate of drug-likeness (QED) is 0.694. The average molecular weight is 368 g/mol. The molecule has 0 fully saturated rings. The van der Waals surface area contributed by atoms with Crippen LogP contribution in [0.4, 0.5) is 0 Å². The van der Waals surface area contributed by atoms with Gasteiger partial charge in [-0.1, -0.05) is 11.8 Å². The van der Waals surface area contributed by atoms with Gasteiger partial charge < -0.3 is 9.13 Å². The van der Waals surface area contributed by atoms with E-state index in [1.165, 1.54) is 57.5 Å². The Labute approximate surface area is 142 Å². The molecule has 2 aromatic rings. The Morgan fingerprint density at radius 1 is 1.08 bits per heavy atom. The molecule has 128 valence electrons. The molecule has 1 aromatic heterocycles. The maximum Gasteiger partial charge on any atom is 0.316 e. The fourth-order valence-corrected chi connectivity index (χ4v) is 5.02. The molecule has 0 saturated carbocycles. The summed E-state index contributed by atoms with van der Waals surface area (Å²) in [5, 5.41) is 0.449. The standard InChI is InChI=1S/C14H16N4O4S2/c1-16-10-5-4-9(8-11(10)17(2)13(20)12(16)19)24(21,22)18-7-6-15-14(18)23-3/h4-5,8H,6-7H2,1-3H3. The molecule has 3 rings (SSSR count). The fourth-order valence-electron chi connectivity index (χ4n) is 2.65. The van der Waals surface area contributed by atoms with E-state index in [2.05, 4.69) is 4.99 Å². The van der Waals surface area contributed by atoms with Crippen LogP contribution in [0.1, 0.15) is 0 Å². The minimum absolute atomic E-state index is 0.0623. The first kappa shape index (κ1) is 16.8. The fraction of sp³-hybridized carbons (Fsp3) is 0.357. The van der Waals surface area contributed by atoms with Crippen molar-refractivity contribution in [2.45, 2.75) is 4.90 Å². The molecule has 8 nitrogen and oxygen atoms in total. The van der Waals surface area contributed by atoms with Gasteiger partial charge in [-0.25, -0.2) is 12.7 Å². The Balaban J connectivity index is 2.24. The molecule has 0 bridgehead atoms. The molecule has 10 heteroatoms. The highest BCUT2D eigenvalue weighted by molar-refractivity contribution is 8.14. The van der Waals surface area contributed by atoms with Gasteiger partial charge in [-0.2, -0.15) is 0 Å². The highest BCUT2D eigenvalue weighted by Gasteiger charge is 2.30. The zero-order chi connectivity index (χ0) is 17.6. The number of aliphatic imine (C=N–C) groups is 1. The molecule has 24 heavy (non-hydrogen) atoms. The van der Waals surface area contributed by atoms with Crippen molar-refractivity contribution >= 4 is 38.0 Å². The summed E-state index contributed by atoms with van der Waals surface area (Å²) >= 11 is 1.27. The van der Waals surface area contributed by atoms with Crippen LogP contribution >= 0.6 is 11.8 Å². The molecule has 1 aliphatic rings. The summed E-state index contributed by atoms with van der Waals surface area (Å²) in [5.41, 5.74) is -0.490. The lowest BCUT2D eigenvalue weighted by atomic mass is 10.3. The Kier molecular flexibility index (Phi) is 4.04. The number of amidine groups is 1. The number of nitrogens with zero attached hydrogens (tertiary/aromatic N) is 4. The van der Waals surface area contributed by atoms with Gasteiger partial charge in [0.1, 0.15) is 0 Å². The van der Waals surface area contributed by atoms with Crippen LogP contribution in [0.3, 0.4) is 0 Å². The maximum atomic E-state index is 12.9. The first-order valence-corrected chi connectivity index (χ1v) is 9.76. The van der Waals surface area contributed by atoms with Crippen LogP contribution in [-0.2, 0) is 24.1 Å². The van der Waals surface area contributed by atoms with Crippen LogP contribution in [0.5, 0.6) is 0 Å². The van der Waals surface area contributed by atoms with Crippen molar-refractivity contribution in [2.75, 3.05) is 19.3 Å². The molecule has 0 amide bonds. The van der Waals surface area contributed by atoms with Crippen LogP contribution in [-0.4, -0.2) is 46.4 Å². The number of aryl methyl sites for hydroxylation is 2. The summed E-state index contributed by atoms with van der Waals surface area (Å²) in [6.45, 7) is 0.721. The first-order chi connectivity index (χ1) is 11.3. The van der Waals surface area contributed by atoms with E-state index in [0.29, 0.717) is 29.3 Å². The van der Waals surface area contributed by atoms with Crippen LogP contribution in [0.15, 0.2) is 37.7 Å². The van der Waals surface area contributed by atoms with E-state index < -0.39 is 21.1 Å². The van der Waals surface area contributed by atoms with Crippen molar-refractivity contribution in [1.82, 2.24) is 13.4 Å². The van der Waals surface area contributed by atoms with Gasteiger partial charge in [0.15, 0.2) is 5.17 Å². The molecule has 0 unspecified atom stereocenters. The van der Waals surface area contributed by atoms with Crippen LogP contribution in [0.25, 0.3) is 11.0 Å². The van der Waals surface area contributed by atoms with Crippen molar-refractivity contribution in [1.29, 1.82) is 0 Å². The summed E-state index contributed by atoms with van der Waals surface area (Å²) in [6.07, 6.45) is 1.77. The number of sulfonamides is 1. The Bertz CT molecular complexity index is 1080. The number of fused-ring (bicyclic) bond motifs is 1. The molecule has 0 radical (unpaired) electrons. The van der Waals surface area contributed by atoms with E-state index in [0.717, 1.165) is 0 Å².